The van der Waals surface area contributed by atoms with Gasteiger partial charge in [0.2, 0.25) is 0 Å². The van der Waals surface area contributed by atoms with E-state index < -0.39 is 5.60 Å². The van der Waals surface area contributed by atoms with Crippen LogP contribution in [0.1, 0.15) is 30.5 Å². The molecule has 1 saturated heterocycles. The van der Waals surface area contributed by atoms with Crippen LogP contribution in [0.2, 0.25) is 5.02 Å². The van der Waals surface area contributed by atoms with Crippen molar-refractivity contribution in [3.8, 4) is 0 Å². The largest absolute Gasteiger partial charge is 0.386 e. The van der Waals surface area contributed by atoms with Crippen molar-refractivity contribution < 1.29 is 9.90 Å². The van der Waals surface area contributed by atoms with Gasteiger partial charge in [0, 0.05) is 36.6 Å². The van der Waals surface area contributed by atoms with Gasteiger partial charge in [0.15, 0.2) is 5.17 Å². The number of carbonyl (C=O) groups is 1. The Morgan fingerprint density at radius 1 is 1.14 bits per heavy atom. The maximum absolute atomic E-state index is 12.5. The Kier molecular flexibility index (Phi) is 6.48. The Hall–Kier alpha value is -2.65. The van der Waals surface area contributed by atoms with E-state index in [2.05, 4.69) is 26.9 Å². The minimum Gasteiger partial charge on any atom is -0.386 e. The Morgan fingerprint density at radius 2 is 1.91 bits per heavy atom. The van der Waals surface area contributed by atoms with E-state index in [0.717, 1.165) is 58.9 Å². The van der Waals surface area contributed by atoms with E-state index in [1.54, 1.807) is 13.8 Å². The molecule has 5 rings (SSSR count). The number of hydrogen-bond donors (Lipinski definition) is 1. The minimum atomic E-state index is -0.944. The molecule has 0 radical (unpaired) electrons. The highest BCUT2D eigenvalue weighted by Gasteiger charge is 2.27. The van der Waals surface area contributed by atoms with Crippen LogP contribution >= 0.6 is 23.4 Å². The summed E-state index contributed by atoms with van der Waals surface area (Å²) in [5.41, 5.74) is 2.68. The molecule has 0 aliphatic carbocycles. The molecule has 35 heavy (non-hydrogen) atoms. The molecule has 2 aliphatic rings. The van der Waals surface area contributed by atoms with Gasteiger partial charge >= 0.3 is 0 Å². The first-order valence-corrected chi connectivity index (χ1v) is 12.8. The smallest absolute Gasteiger partial charge is 0.286 e. The number of thioether (sulfide) groups is 1. The molecule has 0 spiro atoms. The van der Waals surface area contributed by atoms with Crippen molar-refractivity contribution in [1.82, 2.24) is 19.6 Å². The number of aliphatic imine (C=N–C) groups is 1. The van der Waals surface area contributed by atoms with Crippen molar-refractivity contribution in [2.75, 3.05) is 33.2 Å². The van der Waals surface area contributed by atoms with Gasteiger partial charge in [0.05, 0.1) is 28.8 Å². The van der Waals surface area contributed by atoms with Gasteiger partial charge in [0.25, 0.3) is 5.91 Å². The molecule has 1 amide bonds. The zero-order valence-electron chi connectivity index (χ0n) is 20.0. The third kappa shape index (κ3) is 5.16. The Morgan fingerprint density at radius 3 is 2.63 bits per heavy atom. The standard InChI is InChI=1S/C26H28ClN5O2S/c1-26(2,34)20-6-5-18(21(27)14-20)16-32-22-7-4-17(12-19(22)15-28-32)13-23-24(33)29-25(35-23)31-10-8-30(3)9-11-31/h4-7,12-15,34H,8-11,16H2,1-3H3. The van der Waals surface area contributed by atoms with Crippen LogP contribution in [0.5, 0.6) is 0 Å². The second-order valence-corrected chi connectivity index (χ2v) is 11.0. The number of likely N-dealkylation sites (N-methyl/N-ethyl adjacent to an activating group) is 1. The molecule has 1 N–H and O–H groups in total. The average Bonchev–Trinajstić information content (AvgIpc) is 3.38. The molecule has 0 atom stereocenters. The molecule has 1 fully saturated rings. The fourth-order valence-corrected chi connectivity index (χ4v) is 5.43. The molecular formula is C26H28ClN5O2S. The first kappa shape index (κ1) is 24.1. The lowest BCUT2D eigenvalue weighted by atomic mass is 9.97. The van der Waals surface area contributed by atoms with Gasteiger partial charge in [-0.05, 0) is 73.6 Å². The molecule has 182 valence electrons. The Bertz CT molecular complexity index is 1350. The number of aromatic nitrogens is 2. The summed E-state index contributed by atoms with van der Waals surface area (Å²) in [5, 5.41) is 17.2. The van der Waals surface area contributed by atoms with E-state index in [-0.39, 0.29) is 5.91 Å². The van der Waals surface area contributed by atoms with Crippen LogP contribution in [0.15, 0.2) is 52.5 Å². The summed E-state index contributed by atoms with van der Waals surface area (Å²) in [6.07, 6.45) is 3.73. The fourth-order valence-electron chi connectivity index (χ4n) is 4.22. The molecule has 1 aromatic heterocycles. The molecule has 0 bridgehead atoms. The minimum absolute atomic E-state index is 0.177. The van der Waals surface area contributed by atoms with Crippen LogP contribution in [0, 0.1) is 0 Å². The lowest BCUT2D eigenvalue weighted by Crippen LogP contribution is -2.46. The molecule has 3 heterocycles. The van der Waals surface area contributed by atoms with E-state index in [1.165, 1.54) is 11.8 Å². The second kappa shape index (κ2) is 9.43. The first-order chi connectivity index (χ1) is 16.7. The number of aliphatic hydroxyl groups is 1. The molecule has 3 aromatic rings. The summed E-state index contributed by atoms with van der Waals surface area (Å²) in [6, 6.07) is 11.7. The fraction of sp³-hybridized carbons (Fsp3) is 0.346. The van der Waals surface area contributed by atoms with Crippen molar-refractivity contribution in [2.45, 2.75) is 26.0 Å². The maximum Gasteiger partial charge on any atom is 0.286 e. The summed E-state index contributed by atoms with van der Waals surface area (Å²) in [4.78, 5) is 21.9. The number of hydrogen-bond acceptors (Lipinski definition) is 6. The molecule has 9 heteroatoms. The summed E-state index contributed by atoms with van der Waals surface area (Å²) in [5.74, 6) is -0.177. The van der Waals surface area contributed by atoms with Gasteiger partial charge in [-0.1, -0.05) is 29.8 Å². The normalized spacial score (nSPS) is 18.7. The van der Waals surface area contributed by atoms with E-state index in [1.807, 2.05) is 53.4 Å². The van der Waals surface area contributed by atoms with Gasteiger partial charge < -0.3 is 14.9 Å². The maximum atomic E-state index is 12.5. The van der Waals surface area contributed by atoms with E-state index in [4.69, 9.17) is 11.6 Å². The zero-order valence-corrected chi connectivity index (χ0v) is 21.6. The number of amidine groups is 1. The first-order valence-electron chi connectivity index (χ1n) is 11.6. The highest BCUT2D eigenvalue weighted by atomic mass is 35.5. The molecule has 0 unspecified atom stereocenters. The summed E-state index contributed by atoms with van der Waals surface area (Å²) in [6.45, 7) is 7.72. The second-order valence-electron chi connectivity index (χ2n) is 9.59. The van der Waals surface area contributed by atoms with Crippen LogP contribution in [0.4, 0.5) is 0 Å². The quantitative estimate of drug-likeness (QED) is 0.532. The lowest BCUT2D eigenvalue weighted by Gasteiger charge is -2.32. The summed E-state index contributed by atoms with van der Waals surface area (Å²) >= 11 is 7.96. The van der Waals surface area contributed by atoms with Gasteiger partial charge in [0.1, 0.15) is 0 Å². The topological polar surface area (TPSA) is 74.0 Å². The van der Waals surface area contributed by atoms with E-state index in [0.29, 0.717) is 16.5 Å². The Balaban J connectivity index is 1.32. The van der Waals surface area contributed by atoms with Crippen LogP contribution in [0.25, 0.3) is 17.0 Å². The van der Waals surface area contributed by atoms with Crippen molar-refractivity contribution in [2.24, 2.45) is 4.99 Å². The van der Waals surface area contributed by atoms with Crippen LogP contribution in [0.3, 0.4) is 0 Å². The van der Waals surface area contributed by atoms with Gasteiger partial charge in [-0.2, -0.15) is 10.1 Å². The van der Waals surface area contributed by atoms with Crippen molar-refractivity contribution in [1.29, 1.82) is 0 Å². The number of nitrogens with zero attached hydrogens (tertiary/aromatic N) is 5. The molecule has 0 saturated carbocycles. The number of amides is 1. The summed E-state index contributed by atoms with van der Waals surface area (Å²) in [7, 11) is 2.11. The monoisotopic (exact) mass is 509 g/mol. The van der Waals surface area contributed by atoms with Crippen LogP contribution in [-0.4, -0.2) is 69.0 Å². The molecule has 7 nitrogen and oxygen atoms in total. The number of rotatable bonds is 4. The molecule has 2 aromatic carbocycles. The van der Waals surface area contributed by atoms with Crippen molar-refractivity contribution >= 4 is 51.4 Å². The SMILES string of the molecule is CN1CCN(C2=NC(=O)C(=Cc3ccc4c(cnn4Cc4ccc(C(C)(C)O)cc4Cl)c3)S2)CC1. The number of piperazine rings is 1. The highest BCUT2D eigenvalue weighted by molar-refractivity contribution is 8.18. The number of carbonyl (C=O) groups excluding carboxylic acids is 1. The highest BCUT2D eigenvalue weighted by Crippen LogP contribution is 2.32. The predicted octanol–water partition coefficient (Wildman–Crippen LogP) is 4.18. The number of halogens is 1. The van der Waals surface area contributed by atoms with Crippen LogP contribution in [-0.2, 0) is 16.9 Å². The zero-order chi connectivity index (χ0) is 24.7. The predicted molar refractivity (Wildman–Crippen MR) is 143 cm³/mol. The third-order valence-corrected chi connectivity index (χ3v) is 7.82. The van der Waals surface area contributed by atoms with Crippen molar-refractivity contribution in [3.63, 3.8) is 0 Å². The van der Waals surface area contributed by atoms with Gasteiger partial charge in [-0.3, -0.25) is 9.48 Å². The van der Waals surface area contributed by atoms with Crippen molar-refractivity contribution in [3.05, 3.63) is 69.2 Å². The van der Waals surface area contributed by atoms with E-state index in [9.17, 15) is 9.90 Å². The van der Waals surface area contributed by atoms with E-state index >= 15 is 0 Å². The summed E-state index contributed by atoms with van der Waals surface area (Å²) < 4.78 is 1.90. The molecule has 2 aliphatic heterocycles. The van der Waals surface area contributed by atoms with Gasteiger partial charge in [-0.15, -0.1) is 0 Å². The van der Waals surface area contributed by atoms with Crippen LogP contribution < -0.4 is 0 Å². The lowest BCUT2D eigenvalue weighted by molar-refractivity contribution is -0.113. The number of benzene rings is 2. The Labute approximate surface area is 214 Å². The molecular weight excluding hydrogens is 482 g/mol. The third-order valence-electron chi connectivity index (χ3n) is 6.43. The number of fused-ring (bicyclic) bond motifs is 1. The average molecular weight is 510 g/mol. The van der Waals surface area contributed by atoms with Gasteiger partial charge in [-0.25, -0.2) is 0 Å².